The van der Waals surface area contributed by atoms with Crippen LogP contribution in [-0.2, 0) is 0 Å². The topological polar surface area (TPSA) is 49.4 Å². The van der Waals surface area contributed by atoms with Crippen molar-refractivity contribution in [1.82, 2.24) is 10.2 Å². The Hall–Kier alpha value is -4.02. The number of benzene rings is 4. The fraction of sp³-hybridized carbons (Fsp3) is 0.212. The number of amides is 1. The van der Waals surface area contributed by atoms with E-state index in [1.54, 1.807) is 0 Å². The number of fused-ring (bicyclic) bond motifs is 3. The largest absolute Gasteiger partial charge is 0.348 e. The van der Waals surface area contributed by atoms with Gasteiger partial charge in [-0.2, -0.15) is 0 Å². The highest BCUT2D eigenvalue weighted by Crippen LogP contribution is 2.38. The van der Waals surface area contributed by atoms with E-state index in [1.807, 2.05) is 42.5 Å². The van der Waals surface area contributed by atoms with E-state index in [0.717, 1.165) is 43.6 Å². The maximum absolute atomic E-state index is 13.4. The van der Waals surface area contributed by atoms with Crippen molar-refractivity contribution in [1.29, 1.82) is 0 Å². The van der Waals surface area contributed by atoms with Gasteiger partial charge in [0.25, 0.3) is 5.91 Å². The van der Waals surface area contributed by atoms with Gasteiger partial charge in [0.05, 0.1) is 0 Å². The van der Waals surface area contributed by atoms with E-state index < -0.39 is 0 Å². The second-order valence-corrected chi connectivity index (χ2v) is 10.0. The van der Waals surface area contributed by atoms with E-state index in [2.05, 4.69) is 70.9 Å². The maximum Gasteiger partial charge on any atom is 0.252 e. The van der Waals surface area contributed by atoms with Crippen LogP contribution in [0.4, 0.5) is 0 Å². The Bertz CT molecular complexity index is 1390. The molecule has 4 aromatic carbocycles. The van der Waals surface area contributed by atoms with Crippen molar-refractivity contribution in [3.8, 4) is 11.1 Å². The average Bonchev–Trinajstić information content (AvgIpc) is 3.52. The predicted molar refractivity (Wildman–Crippen MR) is 147 cm³/mol. The van der Waals surface area contributed by atoms with Gasteiger partial charge in [0, 0.05) is 47.3 Å². The summed E-state index contributed by atoms with van der Waals surface area (Å²) in [4.78, 5) is 28.7. The van der Waals surface area contributed by atoms with E-state index in [4.69, 9.17) is 0 Å². The Morgan fingerprint density at radius 2 is 1.41 bits per heavy atom. The van der Waals surface area contributed by atoms with Crippen molar-refractivity contribution < 1.29 is 9.59 Å². The molecule has 2 aliphatic rings. The molecule has 0 saturated carbocycles. The first-order chi connectivity index (χ1) is 18.2. The second kappa shape index (κ2) is 10.2. The number of carbonyl (C=O) groups is 2. The standard InChI is InChI=1S/C33H30N2O2/c36-32-28-15-8-7-14-27(28)31-29(32)16-9-17-30(31)33(37)34-25-18-20-35(22-25)21-19-26(23-10-3-1-4-11-23)24-12-5-2-6-13-24/h1-17,25-26H,18-22H2,(H,34,37). The number of ketones is 1. The van der Waals surface area contributed by atoms with Crippen LogP contribution in [0.1, 0.15) is 56.2 Å². The van der Waals surface area contributed by atoms with Gasteiger partial charge in [-0.15, -0.1) is 0 Å². The Labute approximate surface area is 218 Å². The molecule has 1 fully saturated rings. The maximum atomic E-state index is 13.4. The van der Waals surface area contributed by atoms with E-state index in [-0.39, 0.29) is 17.7 Å². The molecule has 4 aromatic rings. The molecule has 0 aromatic heterocycles. The SMILES string of the molecule is O=C(NC1CCN(CCC(c2ccccc2)c2ccccc2)C1)c1cccc2c1-c1ccccc1C2=O. The lowest BCUT2D eigenvalue weighted by molar-refractivity contribution is 0.0938. The van der Waals surface area contributed by atoms with E-state index in [0.29, 0.717) is 22.6 Å². The highest BCUT2D eigenvalue weighted by Gasteiger charge is 2.31. The molecule has 1 atom stereocenters. The van der Waals surface area contributed by atoms with Gasteiger partial charge in [0.15, 0.2) is 5.78 Å². The average molecular weight is 487 g/mol. The van der Waals surface area contributed by atoms with Gasteiger partial charge in [-0.05, 0) is 42.1 Å². The van der Waals surface area contributed by atoms with Crippen molar-refractivity contribution in [2.24, 2.45) is 0 Å². The lowest BCUT2D eigenvalue weighted by atomic mass is 9.88. The van der Waals surface area contributed by atoms with Crippen molar-refractivity contribution in [3.63, 3.8) is 0 Å². The summed E-state index contributed by atoms with van der Waals surface area (Å²) in [6.45, 7) is 2.78. The summed E-state index contributed by atoms with van der Waals surface area (Å²) in [5.41, 5.74) is 6.18. The third-order valence-corrected chi connectivity index (χ3v) is 7.74. The molecule has 37 heavy (non-hydrogen) atoms. The molecule has 0 spiro atoms. The molecule has 1 unspecified atom stereocenters. The van der Waals surface area contributed by atoms with Crippen molar-refractivity contribution in [3.05, 3.63) is 131 Å². The molecule has 6 rings (SSSR count). The van der Waals surface area contributed by atoms with Crippen LogP contribution in [0.15, 0.2) is 103 Å². The molecule has 1 N–H and O–H groups in total. The summed E-state index contributed by atoms with van der Waals surface area (Å²) in [7, 11) is 0. The summed E-state index contributed by atoms with van der Waals surface area (Å²) in [5.74, 6) is 0.249. The third-order valence-electron chi connectivity index (χ3n) is 7.74. The van der Waals surface area contributed by atoms with Crippen LogP contribution in [0.2, 0.25) is 0 Å². The number of likely N-dealkylation sites (tertiary alicyclic amines) is 1. The second-order valence-electron chi connectivity index (χ2n) is 10.0. The fourth-order valence-corrected chi connectivity index (χ4v) is 5.89. The zero-order chi connectivity index (χ0) is 25.2. The lowest BCUT2D eigenvalue weighted by Crippen LogP contribution is -2.37. The zero-order valence-corrected chi connectivity index (χ0v) is 20.8. The quantitative estimate of drug-likeness (QED) is 0.310. The number of nitrogens with one attached hydrogen (secondary N) is 1. The van der Waals surface area contributed by atoms with Gasteiger partial charge in [-0.3, -0.25) is 9.59 Å². The Morgan fingerprint density at radius 1 is 0.784 bits per heavy atom. The van der Waals surface area contributed by atoms with Crippen LogP contribution < -0.4 is 5.32 Å². The monoisotopic (exact) mass is 486 g/mol. The van der Waals surface area contributed by atoms with Crippen molar-refractivity contribution in [2.75, 3.05) is 19.6 Å². The molecule has 184 valence electrons. The highest BCUT2D eigenvalue weighted by molar-refractivity contribution is 6.24. The molecule has 0 radical (unpaired) electrons. The van der Waals surface area contributed by atoms with Crippen molar-refractivity contribution in [2.45, 2.75) is 24.8 Å². The minimum Gasteiger partial charge on any atom is -0.348 e. The molecule has 0 bridgehead atoms. The molecular formula is C33H30N2O2. The van der Waals surface area contributed by atoms with Crippen LogP contribution in [0.5, 0.6) is 0 Å². The minimum absolute atomic E-state index is 0.00122. The van der Waals surface area contributed by atoms with Gasteiger partial charge >= 0.3 is 0 Å². The number of nitrogens with zero attached hydrogens (tertiary/aromatic N) is 1. The molecule has 4 nitrogen and oxygen atoms in total. The Balaban J connectivity index is 1.12. The van der Waals surface area contributed by atoms with Crippen LogP contribution in [0.25, 0.3) is 11.1 Å². The molecule has 4 heteroatoms. The number of hydrogen-bond donors (Lipinski definition) is 1. The zero-order valence-electron chi connectivity index (χ0n) is 20.8. The normalized spacial score (nSPS) is 16.6. The van der Waals surface area contributed by atoms with Gasteiger partial charge in [-0.25, -0.2) is 0 Å². The van der Waals surface area contributed by atoms with Gasteiger partial charge in [0.2, 0.25) is 0 Å². The molecule has 1 amide bonds. The van der Waals surface area contributed by atoms with Gasteiger partial charge in [-0.1, -0.05) is 97.1 Å². The number of rotatable bonds is 7. The Morgan fingerprint density at radius 3 is 2.11 bits per heavy atom. The van der Waals surface area contributed by atoms with Gasteiger partial charge < -0.3 is 10.2 Å². The number of hydrogen-bond acceptors (Lipinski definition) is 3. The first-order valence-electron chi connectivity index (χ1n) is 13.1. The van der Waals surface area contributed by atoms with E-state index >= 15 is 0 Å². The van der Waals surface area contributed by atoms with Crippen LogP contribution in [-0.4, -0.2) is 42.3 Å². The summed E-state index contributed by atoms with van der Waals surface area (Å²) < 4.78 is 0. The summed E-state index contributed by atoms with van der Waals surface area (Å²) >= 11 is 0. The first-order valence-corrected chi connectivity index (χ1v) is 13.1. The summed E-state index contributed by atoms with van der Waals surface area (Å²) in [6.07, 6.45) is 1.96. The van der Waals surface area contributed by atoms with Crippen LogP contribution in [0, 0.1) is 0 Å². The van der Waals surface area contributed by atoms with E-state index in [1.165, 1.54) is 11.1 Å². The van der Waals surface area contributed by atoms with Crippen LogP contribution >= 0.6 is 0 Å². The Kier molecular flexibility index (Phi) is 6.42. The summed E-state index contributed by atoms with van der Waals surface area (Å²) in [6, 6.07) is 34.6. The number of carbonyl (C=O) groups excluding carboxylic acids is 2. The molecule has 1 aliphatic carbocycles. The molecule has 1 aliphatic heterocycles. The molecule has 1 heterocycles. The highest BCUT2D eigenvalue weighted by atomic mass is 16.2. The predicted octanol–water partition coefficient (Wildman–Crippen LogP) is 5.92. The first kappa shape index (κ1) is 23.4. The van der Waals surface area contributed by atoms with Crippen molar-refractivity contribution >= 4 is 11.7 Å². The third kappa shape index (κ3) is 4.61. The molecular weight excluding hydrogens is 456 g/mol. The minimum atomic E-state index is -0.0975. The van der Waals surface area contributed by atoms with E-state index in [9.17, 15) is 9.59 Å². The van der Waals surface area contributed by atoms with Gasteiger partial charge in [0.1, 0.15) is 0 Å². The smallest absolute Gasteiger partial charge is 0.252 e. The summed E-state index contributed by atoms with van der Waals surface area (Å²) in [5, 5.41) is 3.26. The lowest BCUT2D eigenvalue weighted by Gasteiger charge is -2.22. The van der Waals surface area contributed by atoms with Crippen LogP contribution in [0.3, 0.4) is 0 Å². The fourth-order valence-electron chi connectivity index (χ4n) is 5.89. The molecule has 1 saturated heterocycles.